The van der Waals surface area contributed by atoms with Gasteiger partial charge < -0.3 is 9.84 Å². The normalized spacial score (nSPS) is 12.5. The van der Waals surface area contributed by atoms with Gasteiger partial charge in [0.25, 0.3) is 0 Å². The highest BCUT2D eigenvalue weighted by molar-refractivity contribution is 5.84. The molecule has 1 rings (SSSR count). The third-order valence-electron chi connectivity index (χ3n) is 2.94. The molecule has 0 aliphatic heterocycles. The fourth-order valence-electron chi connectivity index (χ4n) is 1.80. The summed E-state index contributed by atoms with van der Waals surface area (Å²) in [4.78, 5) is 10.6. The lowest BCUT2D eigenvalue weighted by molar-refractivity contribution is 0.0513. The van der Waals surface area contributed by atoms with Crippen LogP contribution in [0.15, 0.2) is 6.20 Å². The Bertz CT molecular complexity index is 379. The fraction of sp³-hybridized carbons (Fsp3) is 0.769. The monoisotopic (exact) mass is 269 g/mol. The minimum absolute atomic E-state index is 0.0346. The highest BCUT2D eigenvalue weighted by Gasteiger charge is 2.08. The highest BCUT2D eigenvalue weighted by Crippen LogP contribution is 2.07. The third-order valence-corrected chi connectivity index (χ3v) is 2.94. The van der Waals surface area contributed by atoms with E-state index in [2.05, 4.69) is 24.2 Å². The van der Waals surface area contributed by atoms with E-state index in [-0.39, 0.29) is 11.8 Å². The van der Waals surface area contributed by atoms with Gasteiger partial charge in [-0.2, -0.15) is 0 Å². The Morgan fingerprint density at radius 1 is 1.47 bits per heavy atom. The number of rotatable bonds is 10. The second kappa shape index (κ2) is 8.63. The predicted octanol–water partition coefficient (Wildman–Crippen LogP) is 2.35. The number of unbranched alkanes of at least 4 members (excludes halogenated alkanes) is 3. The topological polar surface area (TPSA) is 77.2 Å². The third kappa shape index (κ3) is 6.33. The first-order chi connectivity index (χ1) is 9.13. The second-order valence-corrected chi connectivity index (χ2v) is 4.70. The quantitative estimate of drug-likeness (QED) is 0.660. The SMILES string of the molecule is CCCCCCC(C)OCCn1cc(C(=O)O)nn1. The Kier molecular flexibility index (Phi) is 7.10. The molecular formula is C13H23N3O3. The first-order valence-corrected chi connectivity index (χ1v) is 6.88. The molecule has 1 heterocycles. The van der Waals surface area contributed by atoms with Crippen LogP contribution in [0.1, 0.15) is 56.4 Å². The van der Waals surface area contributed by atoms with Gasteiger partial charge in [-0.3, -0.25) is 0 Å². The molecule has 19 heavy (non-hydrogen) atoms. The van der Waals surface area contributed by atoms with Crippen molar-refractivity contribution in [2.45, 2.75) is 58.6 Å². The van der Waals surface area contributed by atoms with Gasteiger partial charge in [0, 0.05) is 0 Å². The number of hydrogen-bond donors (Lipinski definition) is 1. The summed E-state index contributed by atoms with van der Waals surface area (Å²) in [6.45, 7) is 5.32. The fourth-order valence-corrected chi connectivity index (χ4v) is 1.80. The van der Waals surface area contributed by atoms with E-state index < -0.39 is 5.97 Å². The number of aromatic carboxylic acids is 1. The van der Waals surface area contributed by atoms with Crippen molar-refractivity contribution < 1.29 is 14.6 Å². The van der Waals surface area contributed by atoms with Crippen LogP contribution in [-0.4, -0.2) is 38.8 Å². The Morgan fingerprint density at radius 2 is 2.26 bits per heavy atom. The number of carboxylic acids is 1. The Morgan fingerprint density at radius 3 is 2.89 bits per heavy atom. The van der Waals surface area contributed by atoms with E-state index >= 15 is 0 Å². The molecule has 0 fully saturated rings. The van der Waals surface area contributed by atoms with Gasteiger partial charge in [-0.25, -0.2) is 9.48 Å². The molecule has 0 amide bonds. The van der Waals surface area contributed by atoms with E-state index in [9.17, 15) is 4.79 Å². The van der Waals surface area contributed by atoms with E-state index in [0.717, 1.165) is 6.42 Å². The molecule has 0 aliphatic carbocycles. The van der Waals surface area contributed by atoms with E-state index in [1.54, 1.807) is 0 Å². The molecule has 1 aromatic heterocycles. The van der Waals surface area contributed by atoms with Crippen LogP contribution >= 0.6 is 0 Å². The van der Waals surface area contributed by atoms with Gasteiger partial charge in [0.05, 0.1) is 25.5 Å². The first kappa shape index (κ1) is 15.6. The highest BCUT2D eigenvalue weighted by atomic mass is 16.5. The number of aromatic nitrogens is 3. The molecule has 6 heteroatoms. The Balaban J connectivity index is 2.13. The van der Waals surface area contributed by atoms with E-state index in [0.29, 0.717) is 13.2 Å². The lowest BCUT2D eigenvalue weighted by Gasteiger charge is -2.12. The van der Waals surface area contributed by atoms with Crippen molar-refractivity contribution in [3.8, 4) is 0 Å². The number of nitrogens with zero attached hydrogens (tertiary/aromatic N) is 3. The molecule has 1 atom stereocenters. The average Bonchev–Trinajstić information content (AvgIpc) is 2.84. The van der Waals surface area contributed by atoms with Crippen LogP contribution in [-0.2, 0) is 11.3 Å². The lowest BCUT2D eigenvalue weighted by Crippen LogP contribution is -2.13. The minimum Gasteiger partial charge on any atom is -0.476 e. The first-order valence-electron chi connectivity index (χ1n) is 6.88. The Labute approximate surface area is 113 Å². The van der Waals surface area contributed by atoms with Gasteiger partial charge in [-0.15, -0.1) is 5.10 Å². The molecular weight excluding hydrogens is 246 g/mol. The molecule has 0 saturated heterocycles. The molecule has 1 N–H and O–H groups in total. The summed E-state index contributed by atoms with van der Waals surface area (Å²) in [5.74, 6) is -1.06. The number of hydrogen-bond acceptors (Lipinski definition) is 4. The standard InChI is InChI=1S/C13H23N3O3/c1-3-4-5-6-7-11(2)19-9-8-16-10-12(13(17)18)14-15-16/h10-11H,3-9H2,1-2H3,(H,17,18). The van der Waals surface area contributed by atoms with E-state index in [4.69, 9.17) is 9.84 Å². The Hall–Kier alpha value is -1.43. The molecule has 0 radical (unpaired) electrons. The van der Waals surface area contributed by atoms with Gasteiger partial charge in [-0.1, -0.05) is 37.8 Å². The maximum Gasteiger partial charge on any atom is 0.358 e. The number of carboxylic acid groups (broad SMARTS) is 1. The minimum atomic E-state index is -1.06. The summed E-state index contributed by atoms with van der Waals surface area (Å²) in [6, 6.07) is 0. The van der Waals surface area contributed by atoms with Crippen molar-refractivity contribution in [1.82, 2.24) is 15.0 Å². The second-order valence-electron chi connectivity index (χ2n) is 4.70. The average molecular weight is 269 g/mol. The zero-order chi connectivity index (χ0) is 14.1. The van der Waals surface area contributed by atoms with Crippen molar-refractivity contribution >= 4 is 5.97 Å². The molecule has 0 aromatic carbocycles. The summed E-state index contributed by atoms with van der Waals surface area (Å²) >= 11 is 0. The van der Waals surface area contributed by atoms with Gasteiger partial charge in [0.2, 0.25) is 0 Å². The van der Waals surface area contributed by atoms with E-state index in [1.165, 1.54) is 36.6 Å². The van der Waals surface area contributed by atoms with Crippen molar-refractivity contribution in [1.29, 1.82) is 0 Å². The van der Waals surface area contributed by atoms with Crippen LogP contribution in [0.5, 0.6) is 0 Å². The largest absolute Gasteiger partial charge is 0.476 e. The molecule has 6 nitrogen and oxygen atoms in total. The summed E-state index contributed by atoms with van der Waals surface area (Å²) in [7, 11) is 0. The van der Waals surface area contributed by atoms with Crippen molar-refractivity contribution in [2.75, 3.05) is 6.61 Å². The lowest BCUT2D eigenvalue weighted by atomic mass is 10.1. The van der Waals surface area contributed by atoms with Crippen LogP contribution in [0.2, 0.25) is 0 Å². The van der Waals surface area contributed by atoms with Crippen LogP contribution in [0, 0.1) is 0 Å². The van der Waals surface area contributed by atoms with E-state index in [1.807, 2.05) is 0 Å². The summed E-state index contributed by atoms with van der Waals surface area (Å²) in [6.07, 6.45) is 7.70. The van der Waals surface area contributed by atoms with Crippen molar-refractivity contribution in [2.24, 2.45) is 0 Å². The molecule has 1 unspecified atom stereocenters. The van der Waals surface area contributed by atoms with Crippen molar-refractivity contribution in [3.63, 3.8) is 0 Å². The van der Waals surface area contributed by atoms with Gasteiger partial charge in [0.1, 0.15) is 0 Å². The smallest absolute Gasteiger partial charge is 0.358 e. The molecule has 108 valence electrons. The van der Waals surface area contributed by atoms with Gasteiger partial charge in [-0.05, 0) is 13.3 Å². The van der Waals surface area contributed by atoms with Crippen LogP contribution in [0.25, 0.3) is 0 Å². The number of ether oxygens (including phenoxy) is 1. The van der Waals surface area contributed by atoms with Crippen LogP contribution < -0.4 is 0 Å². The maximum absolute atomic E-state index is 10.6. The zero-order valence-electron chi connectivity index (χ0n) is 11.7. The van der Waals surface area contributed by atoms with Crippen LogP contribution in [0.4, 0.5) is 0 Å². The summed E-state index contributed by atoms with van der Waals surface area (Å²) in [5, 5.41) is 16.0. The predicted molar refractivity (Wildman–Crippen MR) is 71.2 cm³/mol. The van der Waals surface area contributed by atoms with Gasteiger partial charge in [0.15, 0.2) is 5.69 Å². The maximum atomic E-state index is 10.6. The molecule has 0 bridgehead atoms. The summed E-state index contributed by atoms with van der Waals surface area (Å²) < 4.78 is 7.15. The summed E-state index contributed by atoms with van der Waals surface area (Å²) in [5.41, 5.74) is -0.0346. The van der Waals surface area contributed by atoms with Gasteiger partial charge >= 0.3 is 5.97 Å². The molecule has 0 spiro atoms. The molecule has 0 aliphatic rings. The molecule has 0 saturated carbocycles. The van der Waals surface area contributed by atoms with Crippen LogP contribution in [0.3, 0.4) is 0 Å². The van der Waals surface area contributed by atoms with Crippen molar-refractivity contribution in [3.05, 3.63) is 11.9 Å². The zero-order valence-corrected chi connectivity index (χ0v) is 11.7. The molecule has 1 aromatic rings. The number of carbonyl (C=O) groups is 1.